The molecule has 1 aliphatic carbocycles. The van der Waals surface area contributed by atoms with Crippen molar-refractivity contribution in [2.45, 2.75) is 23.2 Å². The standard InChI is InChI=1S/C27H22N4O4/c1-31(2)25(33)22-23(17-6-4-3-5-7-17)27(18-10-8-16(13-28)9-11-18)26(34,24(22)32)20-15-30-19(14-29)12-21(20)35-27/h3-12,15,22-24,32,34H,1-2H3/t22-,23-,24-,26+,27+/m1/s1. The van der Waals surface area contributed by atoms with Crippen molar-refractivity contribution in [3.8, 4) is 17.9 Å². The highest BCUT2D eigenvalue weighted by atomic mass is 16.5. The zero-order valence-electron chi connectivity index (χ0n) is 19.1. The quantitative estimate of drug-likeness (QED) is 0.605. The molecule has 1 saturated carbocycles. The van der Waals surface area contributed by atoms with E-state index in [2.05, 4.69) is 11.1 Å². The summed E-state index contributed by atoms with van der Waals surface area (Å²) in [5.74, 6) is -2.03. The number of carbonyl (C=O) groups excluding carboxylic acids is 1. The van der Waals surface area contributed by atoms with Crippen molar-refractivity contribution in [3.63, 3.8) is 0 Å². The fourth-order valence-corrected chi connectivity index (χ4v) is 5.62. The number of carbonyl (C=O) groups is 1. The van der Waals surface area contributed by atoms with Gasteiger partial charge in [0.1, 0.15) is 23.6 Å². The van der Waals surface area contributed by atoms with Crippen LogP contribution in [0.3, 0.4) is 0 Å². The first-order valence-corrected chi connectivity index (χ1v) is 11.1. The number of aromatic nitrogens is 1. The van der Waals surface area contributed by atoms with Gasteiger partial charge in [-0.1, -0.05) is 42.5 Å². The summed E-state index contributed by atoms with van der Waals surface area (Å²) in [7, 11) is 3.19. The van der Waals surface area contributed by atoms with Crippen molar-refractivity contribution in [3.05, 3.63) is 94.8 Å². The Morgan fingerprint density at radius 2 is 1.77 bits per heavy atom. The maximum Gasteiger partial charge on any atom is 0.228 e. The summed E-state index contributed by atoms with van der Waals surface area (Å²) in [6.07, 6.45) is -0.234. The highest BCUT2D eigenvalue weighted by molar-refractivity contribution is 5.82. The molecule has 5 rings (SSSR count). The van der Waals surface area contributed by atoms with Gasteiger partial charge < -0.3 is 19.8 Å². The number of aliphatic hydroxyl groups is 2. The van der Waals surface area contributed by atoms with Gasteiger partial charge in [0.15, 0.2) is 11.2 Å². The van der Waals surface area contributed by atoms with Crippen molar-refractivity contribution >= 4 is 5.91 Å². The van der Waals surface area contributed by atoms with Crippen LogP contribution in [0.5, 0.6) is 5.75 Å². The number of rotatable bonds is 3. The average Bonchev–Trinajstić information content (AvgIpc) is 3.26. The molecular weight excluding hydrogens is 444 g/mol. The molecule has 1 aliphatic heterocycles. The normalized spacial score (nSPS) is 28.2. The number of pyridine rings is 1. The number of fused-ring (bicyclic) bond motifs is 3. The molecule has 8 heteroatoms. The first-order valence-electron chi connectivity index (χ1n) is 11.1. The minimum absolute atomic E-state index is 0.0916. The maximum atomic E-state index is 13.5. The maximum absolute atomic E-state index is 13.5. The zero-order chi connectivity index (χ0) is 25.0. The molecule has 0 saturated heterocycles. The summed E-state index contributed by atoms with van der Waals surface area (Å²) in [6, 6.07) is 21.1. The van der Waals surface area contributed by atoms with Crippen LogP contribution in [0.2, 0.25) is 0 Å². The second-order valence-corrected chi connectivity index (χ2v) is 9.06. The molecular formula is C27H22N4O4. The van der Waals surface area contributed by atoms with Crippen molar-refractivity contribution in [1.29, 1.82) is 10.5 Å². The molecule has 0 bridgehead atoms. The monoisotopic (exact) mass is 466 g/mol. The summed E-state index contributed by atoms with van der Waals surface area (Å²) < 4.78 is 6.57. The van der Waals surface area contributed by atoms with Gasteiger partial charge in [-0.25, -0.2) is 4.98 Å². The second kappa shape index (κ2) is 7.92. The Labute approximate surface area is 202 Å². The fourth-order valence-electron chi connectivity index (χ4n) is 5.62. The van der Waals surface area contributed by atoms with Crippen LogP contribution in [0.4, 0.5) is 0 Å². The van der Waals surface area contributed by atoms with Crippen LogP contribution < -0.4 is 4.74 Å². The summed E-state index contributed by atoms with van der Waals surface area (Å²) in [6.45, 7) is 0. The van der Waals surface area contributed by atoms with E-state index in [0.717, 1.165) is 0 Å². The summed E-state index contributed by atoms with van der Waals surface area (Å²) in [4.78, 5) is 19.0. The van der Waals surface area contributed by atoms with Crippen LogP contribution in [0.25, 0.3) is 0 Å². The number of aliphatic hydroxyl groups excluding tert-OH is 1. The van der Waals surface area contributed by atoms with Crippen LogP contribution in [-0.4, -0.2) is 46.2 Å². The molecule has 35 heavy (non-hydrogen) atoms. The van der Waals surface area contributed by atoms with Crippen LogP contribution in [0.15, 0.2) is 66.9 Å². The minimum atomic E-state index is -2.08. The highest BCUT2D eigenvalue weighted by Crippen LogP contribution is 2.68. The third-order valence-electron chi connectivity index (χ3n) is 7.12. The van der Waals surface area contributed by atoms with Gasteiger partial charge >= 0.3 is 0 Å². The predicted octanol–water partition coefficient (Wildman–Crippen LogP) is 2.16. The topological polar surface area (TPSA) is 130 Å². The van der Waals surface area contributed by atoms with Gasteiger partial charge in [-0.2, -0.15) is 10.5 Å². The third kappa shape index (κ3) is 2.91. The summed E-state index contributed by atoms with van der Waals surface area (Å²) in [5, 5.41) is 42.9. The Kier molecular flexibility index (Phi) is 5.10. The van der Waals surface area contributed by atoms with E-state index in [1.54, 1.807) is 38.4 Å². The number of nitriles is 2. The largest absolute Gasteiger partial charge is 0.478 e. The van der Waals surface area contributed by atoms with Gasteiger partial charge in [0, 0.05) is 32.3 Å². The van der Waals surface area contributed by atoms with E-state index < -0.39 is 29.1 Å². The van der Waals surface area contributed by atoms with Gasteiger partial charge in [0.25, 0.3) is 0 Å². The number of hydrogen-bond donors (Lipinski definition) is 2. The lowest BCUT2D eigenvalue weighted by molar-refractivity contribution is -0.156. The number of amides is 1. The zero-order valence-corrected chi connectivity index (χ0v) is 19.1. The molecule has 1 aromatic heterocycles. The number of benzene rings is 2. The van der Waals surface area contributed by atoms with Gasteiger partial charge in [0.2, 0.25) is 5.91 Å². The van der Waals surface area contributed by atoms with Crippen LogP contribution in [0, 0.1) is 28.6 Å². The molecule has 174 valence electrons. The van der Waals surface area contributed by atoms with E-state index in [1.165, 1.54) is 17.2 Å². The Hall–Kier alpha value is -4.24. The Morgan fingerprint density at radius 3 is 2.37 bits per heavy atom. The van der Waals surface area contributed by atoms with Gasteiger partial charge in [-0.15, -0.1) is 0 Å². The van der Waals surface area contributed by atoms with Gasteiger partial charge in [-0.3, -0.25) is 4.79 Å². The first-order chi connectivity index (χ1) is 16.8. The van der Waals surface area contributed by atoms with Gasteiger partial charge in [0.05, 0.1) is 23.1 Å². The lowest BCUT2D eigenvalue weighted by atomic mass is 9.70. The predicted molar refractivity (Wildman–Crippen MR) is 124 cm³/mol. The third-order valence-corrected chi connectivity index (χ3v) is 7.12. The van der Waals surface area contributed by atoms with Crippen molar-refractivity contribution in [2.24, 2.45) is 5.92 Å². The van der Waals surface area contributed by atoms with Crippen molar-refractivity contribution in [1.82, 2.24) is 9.88 Å². The van der Waals surface area contributed by atoms with E-state index in [9.17, 15) is 25.5 Å². The molecule has 5 atom stereocenters. The van der Waals surface area contributed by atoms with Gasteiger partial charge in [-0.05, 0) is 23.3 Å². The molecule has 2 N–H and O–H groups in total. The van der Waals surface area contributed by atoms with Crippen molar-refractivity contribution in [2.75, 3.05) is 14.1 Å². The van der Waals surface area contributed by atoms with Crippen LogP contribution in [-0.2, 0) is 16.0 Å². The van der Waals surface area contributed by atoms with Crippen LogP contribution >= 0.6 is 0 Å². The van der Waals surface area contributed by atoms with E-state index in [4.69, 9.17) is 4.74 Å². The SMILES string of the molecule is CN(C)C(=O)[C@H]1[C@@H](O)[C@@]2(O)c3cnc(C#N)cc3O[C@@]2(c2ccc(C#N)cc2)[C@@H]1c1ccccc1. The molecule has 2 aliphatic rings. The molecule has 2 heterocycles. The first kappa shape index (κ1) is 22.5. The Morgan fingerprint density at radius 1 is 1.09 bits per heavy atom. The number of ether oxygens (including phenoxy) is 1. The molecule has 0 radical (unpaired) electrons. The molecule has 0 spiro atoms. The van der Waals surface area contributed by atoms with Crippen molar-refractivity contribution < 1.29 is 19.7 Å². The minimum Gasteiger partial charge on any atom is -0.478 e. The molecule has 2 aromatic carbocycles. The Balaban J connectivity index is 1.86. The fraction of sp³-hybridized carbons (Fsp3) is 0.259. The van der Waals surface area contributed by atoms with E-state index >= 15 is 0 Å². The van der Waals surface area contributed by atoms with Crippen LogP contribution in [0.1, 0.15) is 33.9 Å². The average molecular weight is 466 g/mol. The smallest absolute Gasteiger partial charge is 0.228 e. The summed E-state index contributed by atoms with van der Waals surface area (Å²) in [5.41, 5.74) is -1.85. The lowest BCUT2D eigenvalue weighted by Gasteiger charge is -2.40. The number of hydrogen-bond acceptors (Lipinski definition) is 7. The highest BCUT2D eigenvalue weighted by Gasteiger charge is 2.77. The van der Waals surface area contributed by atoms with E-state index in [1.807, 2.05) is 36.4 Å². The molecule has 3 aromatic rings. The number of nitrogens with zero attached hydrogens (tertiary/aromatic N) is 4. The molecule has 8 nitrogen and oxygen atoms in total. The second-order valence-electron chi connectivity index (χ2n) is 9.06. The van der Waals surface area contributed by atoms with E-state index in [-0.39, 0.29) is 22.9 Å². The summed E-state index contributed by atoms with van der Waals surface area (Å²) >= 11 is 0. The molecule has 0 unspecified atom stereocenters. The molecule has 1 amide bonds. The lowest BCUT2D eigenvalue weighted by Crippen LogP contribution is -2.52. The van der Waals surface area contributed by atoms with E-state index in [0.29, 0.717) is 16.7 Å². The Bertz CT molecular complexity index is 1390. The molecule has 1 fully saturated rings.